The van der Waals surface area contributed by atoms with Crippen LogP contribution >= 0.6 is 0 Å². The Morgan fingerprint density at radius 3 is 2.73 bits per heavy atom. The van der Waals surface area contributed by atoms with E-state index in [1.807, 2.05) is 0 Å². The molecule has 1 rings (SSSR count). The third-order valence-electron chi connectivity index (χ3n) is 2.16. The van der Waals surface area contributed by atoms with Crippen molar-refractivity contribution in [2.75, 3.05) is 19.8 Å². The number of nitrogens with one attached hydrogen (secondary N) is 1. The van der Waals surface area contributed by atoms with Crippen LogP contribution in [0, 0.1) is 5.92 Å². The van der Waals surface area contributed by atoms with Gasteiger partial charge in [-0.25, -0.2) is 0 Å². The largest absolute Gasteiger partial charge is 0.379 e. The minimum absolute atomic E-state index is 0.254. The van der Waals surface area contributed by atoms with Gasteiger partial charge in [0.2, 0.25) is 0 Å². The van der Waals surface area contributed by atoms with Gasteiger partial charge in [-0.2, -0.15) is 0 Å². The highest BCUT2D eigenvalue weighted by molar-refractivity contribution is 4.86. The van der Waals surface area contributed by atoms with Crippen molar-refractivity contribution in [3.63, 3.8) is 0 Å². The second-order valence-corrected chi connectivity index (χ2v) is 4.14. The molecule has 2 heteroatoms. The summed E-state index contributed by atoms with van der Waals surface area (Å²) in [7, 11) is 0. The van der Waals surface area contributed by atoms with E-state index in [0.29, 0.717) is 0 Å². The lowest BCUT2D eigenvalue weighted by atomic mass is 10.0. The van der Waals surface area contributed by atoms with E-state index >= 15 is 0 Å². The first-order chi connectivity index (χ1) is 5.12. The Bertz CT molecular complexity index is 117. The van der Waals surface area contributed by atoms with Crippen LogP contribution in [-0.4, -0.2) is 25.3 Å². The summed E-state index contributed by atoms with van der Waals surface area (Å²) in [4.78, 5) is 0. The Balaban J connectivity index is 2.23. The lowest BCUT2D eigenvalue weighted by Crippen LogP contribution is -2.44. The highest BCUT2D eigenvalue weighted by Gasteiger charge is 2.28. The van der Waals surface area contributed by atoms with E-state index < -0.39 is 0 Å². The molecule has 0 aromatic heterocycles. The maximum Gasteiger partial charge on any atom is 0.0646 e. The highest BCUT2D eigenvalue weighted by Crippen LogP contribution is 2.17. The Labute approximate surface area is 69.3 Å². The second kappa shape index (κ2) is 3.55. The van der Waals surface area contributed by atoms with Gasteiger partial charge in [0.1, 0.15) is 0 Å². The molecule has 0 aromatic rings. The summed E-state index contributed by atoms with van der Waals surface area (Å²) in [5.41, 5.74) is 0.254. The van der Waals surface area contributed by atoms with Crippen molar-refractivity contribution in [2.24, 2.45) is 5.92 Å². The third kappa shape index (κ3) is 2.80. The van der Waals surface area contributed by atoms with Gasteiger partial charge in [0, 0.05) is 12.1 Å². The zero-order valence-corrected chi connectivity index (χ0v) is 7.81. The van der Waals surface area contributed by atoms with Crippen molar-refractivity contribution in [3.05, 3.63) is 0 Å². The molecule has 1 fully saturated rings. The molecular formula is C9H19NO. The molecule has 11 heavy (non-hydrogen) atoms. The fraction of sp³-hybridized carbons (Fsp3) is 1.00. The fourth-order valence-electron chi connectivity index (χ4n) is 1.26. The minimum atomic E-state index is 0.254. The summed E-state index contributed by atoms with van der Waals surface area (Å²) in [5.74, 6) is 0.729. The highest BCUT2D eigenvalue weighted by atomic mass is 16.5. The van der Waals surface area contributed by atoms with E-state index in [2.05, 4.69) is 26.1 Å². The van der Waals surface area contributed by atoms with Crippen molar-refractivity contribution < 1.29 is 4.74 Å². The van der Waals surface area contributed by atoms with E-state index in [4.69, 9.17) is 4.74 Å². The smallest absolute Gasteiger partial charge is 0.0646 e. The third-order valence-corrected chi connectivity index (χ3v) is 2.16. The molecule has 1 saturated heterocycles. The van der Waals surface area contributed by atoms with Crippen molar-refractivity contribution in [2.45, 2.75) is 32.7 Å². The molecule has 1 N–H and O–H groups in total. The zero-order valence-electron chi connectivity index (χ0n) is 7.81. The lowest BCUT2D eigenvalue weighted by Gasteiger charge is -2.24. The van der Waals surface area contributed by atoms with Crippen LogP contribution in [0.3, 0.4) is 0 Å². The monoisotopic (exact) mass is 157 g/mol. The topological polar surface area (TPSA) is 21.3 Å². The van der Waals surface area contributed by atoms with Crippen LogP contribution < -0.4 is 5.32 Å². The molecule has 0 aromatic carbocycles. The Kier molecular flexibility index (Phi) is 2.90. The van der Waals surface area contributed by atoms with E-state index in [9.17, 15) is 0 Å². The molecule has 0 amide bonds. The summed E-state index contributed by atoms with van der Waals surface area (Å²) in [6, 6.07) is 0. The predicted octanol–water partition coefficient (Wildman–Crippen LogP) is 1.41. The molecule has 1 aliphatic rings. The summed E-state index contributed by atoms with van der Waals surface area (Å²) >= 11 is 0. The second-order valence-electron chi connectivity index (χ2n) is 4.14. The molecule has 66 valence electrons. The average molecular weight is 157 g/mol. The Morgan fingerprint density at radius 2 is 2.27 bits per heavy atom. The van der Waals surface area contributed by atoms with Crippen LogP contribution in [-0.2, 0) is 4.74 Å². The summed E-state index contributed by atoms with van der Waals surface area (Å²) in [6.07, 6.45) is 1.15. The number of ether oxygens (including phenoxy) is 1. The molecule has 2 nitrogen and oxygen atoms in total. The van der Waals surface area contributed by atoms with Crippen molar-refractivity contribution in [1.29, 1.82) is 0 Å². The van der Waals surface area contributed by atoms with Crippen molar-refractivity contribution in [3.8, 4) is 0 Å². The zero-order chi connectivity index (χ0) is 8.32. The Morgan fingerprint density at radius 1 is 1.55 bits per heavy atom. The van der Waals surface area contributed by atoms with Gasteiger partial charge in [-0.15, -0.1) is 0 Å². The van der Waals surface area contributed by atoms with Gasteiger partial charge in [-0.1, -0.05) is 13.8 Å². The first kappa shape index (κ1) is 9.01. The Hall–Kier alpha value is -0.0800. The van der Waals surface area contributed by atoms with Crippen molar-refractivity contribution in [1.82, 2.24) is 5.32 Å². The van der Waals surface area contributed by atoms with Crippen LogP contribution in [0.15, 0.2) is 0 Å². The molecule has 0 radical (unpaired) electrons. The van der Waals surface area contributed by atoms with E-state index in [0.717, 1.165) is 32.1 Å². The van der Waals surface area contributed by atoms with Crippen LogP contribution in [0.25, 0.3) is 0 Å². The van der Waals surface area contributed by atoms with E-state index in [1.54, 1.807) is 0 Å². The summed E-state index contributed by atoms with van der Waals surface area (Å²) in [5, 5.41) is 3.53. The van der Waals surface area contributed by atoms with Gasteiger partial charge in [0.15, 0.2) is 0 Å². The van der Waals surface area contributed by atoms with Crippen molar-refractivity contribution >= 4 is 0 Å². The number of hydrogen-bond donors (Lipinski definition) is 1. The van der Waals surface area contributed by atoms with Crippen LogP contribution in [0.2, 0.25) is 0 Å². The molecule has 1 heterocycles. The molecule has 0 aliphatic carbocycles. The molecule has 1 aliphatic heterocycles. The molecule has 0 spiro atoms. The number of rotatable bonds is 3. The van der Waals surface area contributed by atoms with Gasteiger partial charge >= 0.3 is 0 Å². The van der Waals surface area contributed by atoms with E-state index in [-0.39, 0.29) is 5.54 Å². The summed E-state index contributed by atoms with van der Waals surface area (Å²) < 4.78 is 5.33. The molecule has 1 unspecified atom stereocenters. The van der Waals surface area contributed by atoms with Crippen LogP contribution in [0.1, 0.15) is 27.2 Å². The van der Waals surface area contributed by atoms with Gasteiger partial charge in [0.05, 0.1) is 6.61 Å². The SMILES string of the molecule is CC(C)CNC1(C)CCOC1. The standard InChI is InChI=1S/C9H19NO/c1-8(2)6-10-9(3)4-5-11-7-9/h8,10H,4-7H2,1-3H3. The van der Waals surface area contributed by atoms with Crippen LogP contribution in [0.5, 0.6) is 0 Å². The summed E-state index contributed by atoms with van der Waals surface area (Å²) in [6.45, 7) is 9.59. The molecular weight excluding hydrogens is 138 g/mol. The van der Waals surface area contributed by atoms with Gasteiger partial charge in [0.25, 0.3) is 0 Å². The lowest BCUT2D eigenvalue weighted by molar-refractivity contribution is 0.170. The maximum atomic E-state index is 5.33. The van der Waals surface area contributed by atoms with E-state index in [1.165, 1.54) is 0 Å². The number of hydrogen-bond acceptors (Lipinski definition) is 2. The predicted molar refractivity (Wildman–Crippen MR) is 46.7 cm³/mol. The minimum Gasteiger partial charge on any atom is -0.379 e. The first-order valence-electron chi connectivity index (χ1n) is 4.45. The normalized spacial score (nSPS) is 31.6. The first-order valence-corrected chi connectivity index (χ1v) is 4.45. The average Bonchev–Trinajstić information content (AvgIpc) is 2.33. The maximum absolute atomic E-state index is 5.33. The quantitative estimate of drug-likeness (QED) is 0.669. The molecule has 1 atom stereocenters. The van der Waals surface area contributed by atoms with Crippen LogP contribution in [0.4, 0.5) is 0 Å². The molecule has 0 saturated carbocycles. The van der Waals surface area contributed by atoms with Gasteiger partial charge in [-0.3, -0.25) is 0 Å². The fourth-order valence-corrected chi connectivity index (χ4v) is 1.26. The molecule has 0 bridgehead atoms. The van der Waals surface area contributed by atoms with Gasteiger partial charge < -0.3 is 10.1 Å². The van der Waals surface area contributed by atoms with Gasteiger partial charge in [-0.05, 0) is 25.8 Å².